The fourth-order valence-corrected chi connectivity index (χ4v) is 1.45. The Morgan fingerprint density at radius 1 is 1.05 bits per heavy atom. The van der Waals surface area contributed by atoms with Crippen molar-refractivity contribution in [1.29, 1.82) is 0 Å². The van der Waals surface area contributed by atoms with Crippen LogP contribution in [-0.4, -0.2) is 88.8 Å². The number of esters is 1. The summed E-state index contributed by atoms with van der Waals surface area (Å²) in [6.45, 7) is 0.147. The Morgan fingerprint density at radius 3 is 1.90 bits per heavy atom. The minimum Gasteiger partial charge on any atom is -0.481 e. The topological polar surface area (TPSA) is 141 Å². The molecule has 0 radical (unpaired) electrons. The third-order valence-corrected chi connectivity index (χ3v) is 2.23. The molecule has 0 heterocycles. The van der Waals surface area contributed by atoms with Gasteiger partial charge in [-0.3, -0.25) is 4.79 Å². The second-order valence-corrected chi connectivity index (χ2v) is 5.36. The predicted octanol–water partition coefficient (Wildman–Crippen LogP) is -2.11. The molecule has 0 aliphatic carbocycles. The Morgan fingerprint density at radius 2 is 1.55 bits per heavy atom. The van der Waals surface area contributed by atoms with E-state index >= 15 is 0 Å². The van der Waals surface area contributed by atoms with Crippen LogP contribution in [0.15, 0.2) is 0 Å². The number of aliphatic carboxylic acids is 2. The summed E-state index contributed by atoms with van der Waals surface area (Å²) >= 11 is 0. The number of aliphatic hydroxyl groups excluding tert-OH is 2. The van der Waals surface area contributed by atoms with E-state index in [4.69, 9.17) is 20.1 Å². The fraction of sp³-hybridized carbons (Fsp3) is 0.727. The first kappa shape index (κ1) is 18.3. The fourth-order valence-electron chi connectivity index (χ4n) is 1.45. The number of carbonyl (C=O) groups excluding carboxylic acids is 1. The number of rotatable bonds is 8. The Hall–Kier alpha value is -1.71. The number of aliphatic hydroxyl groups is 2. The first-order chi connectivity index (χ1) is 8.94. The number of carboxylic acids is 2. The van der Waals surface area contributed by atoms with Crippen molar-refractivity contribution in [2.45, 2.75) is 24.7 Å². The van der Waals surface area contributed by atoms with E-state index in [1.54, 1.807) is 21.1 Å². The molecule has 9 heteroatoms. The van der Waals surface area contributed by atoms with Gasteiger partial charge < -0.3 is 29.6 Å². The predicted molar refractivity (Wildman–Crippen MR) is 64.7 cm³/mol. The van der Waals surface area contributed by atoms with Gasteiger partial charge in [-0.25, -0.2) is 9.59 Å². The Kier molecular flexibility index (Phi) is 6.56. The standard InChI is InChI=1S/C11H19NO8/c1-12(2,3)5-6(4-7(13)14)20-11(19)9(16)8(15)10(17)18/h6,8-9,15-16H,4-5H2,1-3H3,(H-,13,14,17,18)/p+1/t6?,8-,9-/m0/s1. The van der Waals surface area contributed by atoms with Crippen LogP contribution in [0.1, 0.15) is 6.42 Å². The zero-order valence-electron chi connectivity index (χ0n) is 11.5. The number of nitrogens with zero attached hydrogens (tertiary/aromatic N) is 1. The van der Waals surface area contributed by atoms with Gasteiger partial charge in [0.05, 0.1) is 27.6 Å². The first-order valence-electron chi connectivity index (χ1n) is 5.75. The summed E-state index contributed by atoms with van der Waals surface area (Å²) in [4.78, 5) is 32.6. The Bertz CT molecular complexity index is 375. The van der Waals surface area contributed by atoms with Crippen molar-refractivity contribution in [3.8, 4) is 0 Å². The normalized spacial score (nSPS) is 16.1. The Balaban J connectivity index is 4.76. The summed E-state index contributed by atoms with van der Waals surface area (Å²) in [5.74, 6) is -4.36. The van der Waals surface area contributed by atoms with Gasteiger partial charge in [0, 0.05) is 0 Å². The summed E-state index contributed by atoms with van der Waals surface area (Å²) in [5, 5.41) is 35.5. The second kappa shape index (κ2) is 7.17. The highest BCUT2D eigenvalue weighted by molar-refractivity contribution is 5.84. The van der Waals surface area contributed by atoms with Gasteiger partial charge in [0.25, 0.3) is 0 Å². The molecule has 0 spiro atoms. The molecule has 0 aliphatic rings. The van der Waals surface area contributed by atoms with Gasteiger partial charge in [0.15, 0.2) is 18.3 Å². The maximum absolute atomic E-state index is 11.5. The number of carboxylic acid groups (broad SMARTS) is 2. The zero-order chi connectivity index (χ0) is 16.1. The van der Waals surface area contributed by atoms with E-state index in [0.29, 0.717) is 4.48 Å². The molecule has 1 unspecified atom stereocenters. The summed E-state index contributed by atoms with van der Waals surface area (Å²) in [7, 11) is 5.22. The molecule has 0 amide bonds. The highest BCUT2D eigenvalue weighted by Gasteiger charge is 2.34. The number of hydrogen-bond donors (Lipinski definition) is 4. The molecule has 20 heavy (non-hydrogen) atoms. The molecule has 9 nitrogen and oxygen atoms in total. The van der Waals surface area contributed by atoms with Gasteiger partial charge in [-0.1, -0.05) is 0 Å². The Labute approximate surface area is 115 Å². The molecule has 0 aliphatic heterocycles. The van der Waals surface area contributed by atoms with Crippen molar-refractivity contribution >= 4 is 17.9 Å². The van der Waals surface area contributed by atoms with Gasteiger partial charge >= 0.3 is 17.9 Å². The molecule has 3 atom stereocenters. The van der Waals surface area contributed by atoms with Gasteiger partial charge in [-0.2, -0.15) is 0 Å². The summed E-state index contributed by atoms with van der Waals surface area (Å²) in [6, 6.07) is 0. The van der Waals surface area contributed by atoms with Crippen LogP contribution in [-0.2, 0) is 19.1 Å². The van der Waals surface area contributed by atoms with E-state index < -0.39 is 42.6 Å². The largest absolute Gasteiger partial charge is 0.481 e. The van der Waals surface area contributed by atoms with Crippen LogP contribution in [0.5, 0.6) is 0 Å². The van der Waals surface area contributed by atoms with E-state index in [1.165, 1.54) is 0 Å². The zero-order valence-corrected chi connectivity index (χ0v) is 11.5. The highest BCUT2D eigenvalue weighted by atomic mass is 16.6. The maximum atomic E-state index is 11.5. The summed E-state index contributed by atoms with van der Waals surface area (Å²) < 4.78 is 5.06. The lowest BCUT2D eigenvalue weighted by atomic mass is 10.2. The van der Waals surface area contributed by atoms with Crippen LogP contribution >= 0.6 is 0 Å². The van der Waals surface area contributed by atoms with Crippen LogP contribution in [0.4, 0.5) is 0 Å². The highest BCUT2D eigenvalue weighted by Crippen LogP contribution is 2.08. The molecular weight excluding hydrogens is 274 g/mol. The number of hydrogen-bond acceptors (Lipinski definition) is 6. The molecule has 0 saturated heterocycles. The minimum atomic E-state index is -2.32. The average molecular weight is 294 g/mol. The van der Waals surface area contributed by atoms with Crippen LogP contribution < -0.4 is 0 Å². The molecule has 4 N–H and O–H groups in total. The third kappa shape index (κ3) is 7.02. The van der Waals surface area contributed by atoms with Crippen molar-refractivity contribution in [2.75, 3.05) is 27.7 Å². The first-order valence-corrected chi connectivity index (χ1v) is 5.75. The van der Waals surface area contributed by atoms with E-state index in [-0.39, 0.29) is 6.54 Å². The number of likely N-dealkylation sites (N-methyl/N-ethyl adjacent to an activating group) is 1. The quantitative estimate of drug-likeness (QED) is 0.294. The van der Waals surface area contributed by atoms with E-state index in [0.717, 1.165) is 0 Å². The molecule has 0 saturated carbocycles. The third-order valence-electron chi connectivity index (χ3n) is 2.23. The van der Waals surface area contributed by atoms with Crippen molar-refractivity contribution in [3.63, 3.8) is 0 Å². The second-order valence-electron chi connectivity index (χ2n) is 5.36. The number of ether oxygens (including phenoxy) is 1. The average Bonchev–Trinajstić information content (AvgIpc) is 2.23. The molecule has 0 fully saturated rings. The minimum absolute atomic E-state index is 0.147. The molecule has 116 valence electrons. The SMILES string of the molecule is C[N+](C)(C)CC(CC(=O)O)OC(=O)[C@@H](O)[C@H](O)C(=O)O. The van der Waals surface area contributed by atoms with Crippen LogP contribution in [0.25, 0.3) is 0 Å². The van der Waals surface area contributed by atoms with Crippen molar-refractivity contribution in [2.24, 2.45) is 0 Å². The molecule has 0 aromatic carbocycles. The molecule has 0 aromatic heterocycles. The monoisotopic (exact) mass is 294 g/mol. The summed E-state index contributed by atoms with van der Waals surface area (Å²) in [5.41, 5.74) is 0. The van der Waals surface area contributed by atoms with E-state index in [9.17, 15) is 19.5 Å². The van der Waals surface area contributed by atoms with E-state index in [1.807, 2.05) is 0 Å². The lowest BCUT2D eigenvalue weighted by molar-refractivity contribution is -0.873. The molecule has 0 rings (SSSR count). The van der Waals surface area contributed by atoms with Gasteiger partial charge in [-0.15, -0.1) is 0 Å². The van der Waals surface area contributed by atoms with Crippen molar-refractivity contribution in [3.05, 3.63) is 0 Å². The molecule has 0 aromatic rings. The molecule has 0 bridgehead atoms. The summed E-state index contributed by atoms with van der Waals surface area (Å²) in [6.07, 6.45) is -6.12. The number of quaternary nitrogens is 1. The van der Waals surface area contributed by atoms with Crippen molar-refractivity contribution < 1.29 is 44.0 Å². The van der Waals surface area contributed by atoms with Crippen LogP contribution in [0, 0.1) is 0 Å². The van der Waals surface area contributed by atoms with Gasteiger partial charge in [0.1, 0.15) is 6.54 Å². The van der Waals surface area contributed by atoms with Crippen molar-refractivity contribution in [1.82, 2.24) is 0 Å². The van der Waals surface area contributed by atoms with Crippen LogP contribution in [0.3, 0.4) is 0 Å². The smallest absolute Gasteiger partial charge is 0.338 e. The van der Waals surface area contributed by atoms with Gasteiger partial charge in [-0.05, 0) is 0 Å². The van der Waals surface area contributed by atoms with Gasteiger partial charge in [0.2, 0.25) is 0 Å². The number of carbonyl (C=O) groups is 3. The lowest BCUT2D eigenvalue weighted by Gasteiger charge is -2.29. The maximum Gasteiger partial charge on any atom is 0.338 e. The lowest BCUT2D eigenvalue weighted by Crippen LogP contribution is -2.47. The van der Waals surface area contributed by atoms with E-state index in [2.05, 4.69) is 0 Å². The molecular formula is C11H20NO8+. The van der Waals surface area contributed by atoms with Crippen LogP contribution in [0.2, 0.25) is 0 Å².